The Bertz CT molecular complexity index is 190. The lowest BCUT2D eigenvalue weighted by molar-refractivity contribution is -0.143. The number of fused-ring (bicyclic) bond motifs is 2. The summed E-state index contributed by atoms with van der Waals surface area (Å²) in [5.74, 6) is 2.28. The average molecular weight is 196 g/mol. The molecule has 2 nitrogen and oxygen atoms in total. The number of esters is 1. The van der Waals surface area contributed by atoms with Gasteiger partial charge in [-0.15, -0.1) is 0 Å². The molecule has 0 atom stereocenters. The zero-order chi connectivity index (χ0) is 9.97. The summed E-state index contributed by atoms with van der Waals surface area (Å²) < 4.78 is 4.78. The van der Waals surface area contributed by atoms with Crippen LogP contribution in [0.25, 0.3) is 0 Å². The van der Waals surface area contributed by atoms with E-state index >= 15 is 0 Å². The molecule has 2 bridgehead atoms. The van der Waals surface area contributed by atoms with E-state index < -0.39 is 0 Å². The number of ether oxygens (including phenoxy) is 1. The minimum Gasteiger partial charge on any atom is -0.469 e. The van der Waals surface area contributed by atoms with Gasteiger partial charge in [-0.3, -0.25) is 4.79 Å². The Morgan fingerprint density at radius 2 is 1.64 bits per heavy atom. The van der Waals surface area contributed by atoms with Gasteiger partial charge < -0.3 is 4.74 Å². The minimum absolute atomic E-state index is 0.00574. The fourth-order valence-electron chi connectivity index (χ4n) is 3.42. The van der Waals surface area contributed by atoms with Crippen LogP contribution < -0.4 is 0 Å². The van der Waals surface area contributed by atoms with Gasteiger partial charge in [-0.1, -0.05) is 38.5 Å². The van der Waals surface area contributed by atoms with Gasteiger partial charge in [-0.05, 0) is 17.8 Å². The number of methoxy groups -OCH3 is 1. The molecule has 0 heterocycles. The molecular weight excluding hydrogens is 176 g/mol. The summed E-state index contributed by atoms with van der Waals surface area (Å²) in [7, 11) is 1.50. The summed E-state index contributed by atoms with van der Waals surface area (Å²) in [6.07, 6.45) is 8.82. The van der Waals surface area contributed by atoms with Crippen molar-refractivity contribution in [2.24, 2.45) is 17.8 Å². The first-order valence-corrected chi connectivity index (χ1v) is 5.88. The van der Waals surface area contributed by atoms with Crippen molar-refractivity contribution in [3.63, 3.8) is 0 Å². The first kappa shape index (κ1) is 10.0. The van der Waals surface area contributed by atoms with E-state index in [1.165, 1.54) is 45.6 Å². The molecule has 0 aromatic rings. The molecule has 0 aromatic heterocycles. The van der Waals surface area contributed by atoms with Crippen LogP contribution in [0.1, 0.15) is 44.9 Å². The molecule has 0 unspecified atom stereocenters. The second kappa shape index (κ2) is 4.33. The van der Waals surface area contributed by atoms with Crippen LogP contribution in [0.2, 0.25) is 0 Å². The predicted molar refractivity (Wildman–Crippen MR) is 54.8 cm³/mol. The zero-order valence-electron chi connectivity index (χ0n) is 9.00. The Balaban J connectivity index is 1.98. The summed E-state index contributed by atoms with van der Waals surface area (Å²) in [5.41, 5.74) is 0. The minimum atomic E-state index is -0.00574. The summed E-state index contributed by atoms with van der Waals surface area (Å²) >= 11 is 0. The molecule has 80 valence electrons. The molecule has 2 saturated carbocycles. The third-order valence-corrected chi connectivity index (χ3v) is 4.14. The van der Waals surface area contributed by atoms with Crippen LogP contribution in [-0.2, 0) is 9.53 Å². The largest absolute Gasteiger partial charge is 0.469 e. The number of carbonyl (C=O) groups is 1. The maximum atomic E-state index is 11.3. The molecule has 0 radical (unpaired) electrons. The molecule has 2 heteroatoms. The molecule has 0 aliphatic heterocycles. The molecule has 2 fully saturated rings. The lowest BCUT2D eigenvalue weighted by Crippen LogP contribution is -2.34. The molecule has 0 N–H and O–H groups in total. The van der Waals surface area contributed by atoms with E-state index in [4.69, 9.17) is 4.74 Å². The van der Waals surface area contributed by atoms with Crippen LogP contribution in [0.5, 0.6) is 0 Å². The average Bonchev–Trinajstić information content (AvgIpc) is 2.17. The van der Waals surface area contributed by atoms with Gasteiger partial charge in [-0.25, -0.2) is 0 Å². The van der Waals surface area contributed by atoms with Gasteiger partial charge in [0.1, 0.15) is 0 Å². The highest BCUT2D eigenvalue weighted by molar-refractivity contribution is 5.69. The standard InChI is InChI=1S/C12H20O2/c1-14-12(13)8-11-9-4-2-5-10(11)7-3-6-9/h9-11H,2-8H2,1H3. The summed E-state index contributed by atoms with van der Waals surface area (Å²) in [5, 5.41) is 0. The van der Waals surface area contributed by atoms with Crippen LogP contribution in [0.15, 0.2) is 0 Å². The zero-order valence-corrected chi connectivity index (χ0v) is 9.00. The Hall–Kier alpha value is -0.530. The number of hydrogen-bond donors (Lipinski definition) is 0. The van der Waals surface area contributed by atoms with Gasteiger partial charge >= 0.3 is 5.97 Å². The number of carbonyl (C=O) groups excluding carboxylic acids is 1. The first-order chi connectivity index (χ1) is 6.81. The van der Waals surface area contributed by atoms with E-state index in [1.54, 1.807) is 0 Å². The molecule has 0 spiro atoms. The molecule has 0 aromatic carbocycles. The third-order valence-electron chi connectivity index (χ3n) is 4.14. The van der Waals surface area contributed by atoms with Crippen molar-refractivity contribution in [2.45, 2.75) is 44.9 Å². The maximum Gasteiger partial charge on any atom is 0.305 e. The van der Waals surface area contributed by atoms with E-state index in [1.807, 2.05) is 0 Å². The topological polar surface area (TPSA) is 26.3 Å². The third kappa shape index (κ3) is 1.94. The predicted octanol–water partition coefficient (Wildman–Crippen LogP) is 2.77. The lowest BCUT2D eigenvalue weighted by atomic mass is 9.63. The van der Waals surface area contributed by atoms with E-state index in [0.717, 1.165) is 11.8 Å². The maximum absolute atomic E-state index is 11.3. The lowest BCUT2D eigenvalue weighted by Gasteiger charge is -2.42. The van der Waals surface area contributed by atoms with Crippen LogP contribution in [0.4, 0.5) is 0 Å². The van der Waals surface area contributed by atoms with Crippen LogP contribution in [-0.4, -0.2) is 13.1 Å². The second-order valence-electron chi connectivity index (χ2n) is 4.83. The second-order valence-corrected chi connectivity index (χ2v) is 4.83. The van der Waals surface area contributed by atoms with Crippen molar-refractivity contribution in [3.8, 4) is 0 Å². The van der Waals surface area contributed by atoms with Crippen molar-refractivity contribution in [3.05, 3.63) is 0 Å². The summed E-state index contributed by atoms with van der Waals surface area (Å²) in [6, 6.07) is 0. The highest BCUT2D eigenvalue weighted by Gasteiger charge is 2.37. The van der Waals surface area contributed by atoms with Gasteiger partial charge in [0.2, 0.25) is 0 Å². The van der Waals surface area contributed by atoms with Gasteiger partial charge in [0.05, 0.1) is 7.11 Å². The molecule has 0 saturated heterocycles. The number of rotatable bonds is 2. The van der Waals surface area contributed by atoms with Gasteiger partial charge in [-0.2, -0.15) is 0 Å². The molecule has 0 amide bonds. The first-order valence-electron chi connectivity index (χ1n) is 5.88. The Kier molecular flexibility index (Phi) is 3.09. The molecule has 2 aliphatic rings. The quantitative estimate of drug-likeness (QED) is 0.635. The Morgan fingerprint density at radius 1 is 1.14 bits per heavy atom. The van der Waals surface area contributed by atoms with E-state index in [0.29, 0.717) is 12.3 Å². The fraction of sp³-hybridized carbons (Fsp3) is 0.917. The van der Waals surface area contributed by atoms with Gasteiger partial charge in [0, 0.05) is 6.42 Å². The van der Waals surface area contributed by atoms with Crippen LogP contribution >= 0.6 is 0 Å². The monoisotopic (exact) mass is 196 g/mol. The normalized spacial score (nSPS) is 36.5. The van der Waals surface area contributed by atoms with Gasteiger partial charge in [0.15, 0.2) is 0 Å². The SMILES string of the molecule is COC(=O)CC1C2CCCC1CCC2. The highest BCUT2D eigenvalue weighted by Crippen LogP contribution is 2.45. The van der Waals surface area contributed by atoms with E-state index in [-0.39, 0.29) is 5.97 Å². The fourth-order valence-corrected chi connectivity index (χ4v) is 3.42. The molecule has 14 heavy (non-hydrogen) atoms. The van der Waals surface area contributed by atoms with Crippen LogP contribution in [0, 0.1) is 17.8 Å². The Labute approximate surface area is 86.0 Å². The molecule has 2 aliphatic carbocycles. The van der Waals surface area contributed by atoms with Crippen molar-refractivity contribution in [1.82, 2.24) is 0 Å². The van der Waals surface area contributed by atoms with Crippen molar-refractivity contribution >= 4 is 5.97 Å². The van der Waals surface area contributed by atoms with Crippen molar-refractivity contribution in [2.75, 3.05) is 7.11 Å². The highest BCUT2D eigenvalue weighted by atomic mass is 16.5. The van der Waals surface area contributed by atoms with Crippen molar-refractivity contribution in [1.29, 1.82) is 0 Å². The summed E-state index contributed by atoms with van der Waals surface area (Å²) in [4.78, 5) is 11.3. The molecule has 2 rings (SSSR count). The summed E-state index contributed by atoms with van der Waals surface area (Å²) in [6.45, 7) is 0. The molecular formula is C12H20O2. The number of hydrogen-bond acceptors (Lipinski definition) is 2. The Morgan fingerprint density at radius 3 is 2.07 bits per heavy atom. The van der Waals surface area contributed by atoms with Gasteiger partial charge in [0.25, 0.3) is 0 Å². The van der Waals surface area contributed by atoms with Crippen molar-refractivity contribution < 1.29 is 9.53 Å². The van der Waals surface area contributed by atoms with E-state index in [2.05, 4.69) is 0 Å². The van der Waals surface area contributed by atoms with Crippen LogP contribution in [0.3, 0.4) is 0 Å². The van der Waals surface area contributed by atoms with E-state index in [9.17, 15) is 4.79 Å². The smallest absolute Gasteiger partial charge is 0.305 e.